The molecule has 2 N–H and O–H groups in total. The SMILES string of the molecule is C=C(/C=C/C(=C)C(CC(=O)O)C(=O)O)C(=C)C(=C)CCCCCCCCCCCCCCCCCCCCCCCC. The summed E-state index contributed by atoms with van der Waals surface area (Å²) >= 11 is 0. The summed E-state index contributed by atoms with van der Waals surface area (Å²) in [5.74, 6) is -3.54. The molecule has 0 saturated carbocycles. The molecule has 0 aliphatic carbocycles. The Morgan fingerprint density at radius 2 is 0.929 bits per heavy atom. The van der Waals surface area contributed by atoms with Crippen LogP contribution in [0.5, 0.6) is 0 Å². The van der Waals surface area contributed by atoms with E-state index in [9.17, 15) is 14.7 Å². The summed E-state index contributed by atoms with van der Waals surface area (Å²) in [6.45, 7) is 18.2. The van der Waals surface area contributed by atoms with Crippen LogP contribution in [-0.4, -0.2) is 22.2 Å². The van der Waals surface area contributed by atoms with Gasteiger partial charge in [0.05, 0.1) is 12.3 Å². The molecule has 0 fully saturated rings. The summed E-state index contributed by atoms with van der Waals surface area (Å²) in [5.41, 5.74) is 2.54. The van der Waals surface area contributed by atoms with Gasteiger partial charge in [-0.15, -0.1) is 0 Å². The smallest absolute Gasteiger partial charge is 0.311 e. The van der Waals surface area contributed by atoms with Gasteiger partial charge in [0.2, 0.25) is 0 Å². The van der Waals surface area contributed by atoms with Crippen molar-refractivity contribution in [3.63, 3.8) is 0 Å². The van der Waals surface area contributed by atoms with Crippen molar-refractivity contribution < 1.29 is 19.8 Å². The fourth-order valence-corrected chi connectivity index (χ4v) is 5.30. The van der Waals surface area contributed by atoms with E-state index in [0.29, 0.717) is 5.57 Å². The lowest BCUT2D eigenvalue weighted by Gasteiger charge is -2.12. The molecule has 4 nitrogen and oxygen atoms in total. The standard InChI is InChI=1S/C38H64O4/c1-6-7-8-9-10-11-12-13-14-15-16-17-18-19-20-21-22-23-24-25-26-27-28-32(2)35(5)33(3)29-30-34(4)36(38(41)42)31-37(39)40/h29-30,36H,2-28,31H2,1H3,(H,39,40)(H,41,42)/b30-29+. The summed E-state index contributed by atoms with van der Waals surface area (Å²) in [6, 6.07) is 0. The Morgan fingerprint density at radius 3 is 1.26 bits per heavy atom. The van der Waals surface area contributed by atoms with Gasteiger partial charge in [-0.25, -0.2) is 0 Å². The summed E-state index contributed by atoms with van der Waals surface area (Å²) in [4.78, 5) is 22.2. The second kappa shape index (κ2) is 27.5. The highest BCUT2D eigenvalue weighted by Crippen LogP contribution is 2.23. The molecule has 240 valence electrons. The third kappa shape index (κ3) is 23.2. The van der Waals surface area contributed by atoms with Gasteiger partial charge in [-0.1, -0.05) is 180 Å². The predicted octanol–water partition coefficient (Wildman–Crippen LogP) is 11.9. The second-order valence-corrected chi connectivity index (χ2v) is 12.2. The van der Waals surface area contributed by atoms with E-state index >= 15 is 0 Å². The van der Waals surface area contributed by atoms with E-state index in [2.05, 4.69) is 33.2 Å². The van der Waals surface area contributed by atoms with Gasteiger partial charge in [-0.2, -0.15) is 0 Å². The fraction of sp³-hybridized carbons (Fsp3) is 0.684. The number of hydrogen-bond donors (Lipinski definition) is 2. The zero-order valence-electron chi connectivity index (χ0n) is 27.2. The number of aliphatic carboxylic acids is 2. The quantitative estimate of drug-likeness (QED) is 0.0627. The highest BCUT2D eigenvalue weighted by molar-refractivity contribution is 5.81. The summed E-state index contributed by atoms with van der Waals surface area (Å²) in [7, 11) is 0. The first kappa shape index (κ1) is 39.6. The molecule has 0 aliphatic heterocycles. The van der Waals surface area contributed by atoms with Crippen LogP contribution >= 0.6 is 0 Å². The van der Waals surface area contributed by atoms with Crippen LogP contribution < -0.4 is 0 Å². The first-order valence-corrected chi connectivity index (χ1v) is 17.1. The van der Waals surface area contributed by atoms with Crippen molar-refractivity contribution in [2.45, 2.75) is 161 Å². The van der Waals surface area contributed by atoms with Gasteiger partial charge in [0.1, 0.15) is 0 Å². The van der Waals surface area contributed by atoms with Gasteiger partial charge >= 0.3 is 11.9 Å². The minimum absolute atomic E-state index is 0.226. The first-order chi connectivity index (χ1) is 20.2. The molecule has 0 spiro atoms. The van der Waals surface area contributed by atoms with Gasteiger partial charge in [-0.3, -0.25) is 9.59 Å². The van der Waals surface area contributed by atoms with Gasteiger partial charge in [0.25, 0.3) is 0 Å². The van der Waals surface area contributed by atoms with Crippen LogP contribution in [0.3, 0.4) is 0 Å². The van der Waals surface area contributed by atoms with Gasteiger partial charge in [0.15, 0.2) is 0 Å². The number of carboxylic acid groups (broad SMARTS) is 2. The minimum atomic E-state index is -1.20. The highest BCUT2D eigenvalue weighted by Gasteiger charge is 2.22. The topological polar surface area (TPSA) is 74.6 Å². The molecule has 0 aromatic heterocycles. The van der Waals surface area contributed by atoms with Crippen molar-refractivity contribution in [3.8, 4) is 0 Å². The molecule has 1 atom stereocenters. The van der Waals surface area contributed by atoms with Crippen molar-refractivity contribution in [1.29, 1.82) is 0 Å². The van der Waals surface area contributed by atoms with E-state index in [1.54, 1.807) is 6.08 Å². The van der Waals surface area contributed by atoms with E-state index < -0.39 is 24.3 Å². The van der Waals surface area contributed by atoms with Crippen molar-refractivity contribution in [2.24, 2.45) is 5.92 Å². The first-order valence-electron chi connectivity index (χ1n) is 17.1. The van der Waals surface area contributed by atoms with E-state index in [-0.39, 0.29) is 5.57 Å². The zero-order chi connectivity index (χ0) is 31.4. The molecule has 0 radical (unpaired) electrons. The number of carboxylic acids is 2. The number of carbonyl (C=O) groups is 2. The number of hydrogen-bond acceptors (Lipinski definition) is 2. The van der Waals surface area contributed by atoms with E-state index in [1.807, 2.05) is 0 Å². The van der Waals surface area contributed by atoms with Crippen LogP contribution in [0.1, 0.15) is 161 Å². The average Bonchev–Trinajstić information content (AvgIpc) is 2.96. The molecule has 42 heavy (non-hydrogen) atoms. The lowest BCUT2D eigenvalue weighted by Crippen LogP contribution is -2.18. The molecule has 0 bridgehead atoms. The summed E-state index contributed by atoms with van der Waals surface area (Å²) in [6.07, 6.45) is 33.7. The molecule has 0 aliphatic rings. The largest absolute Gasteiger partial charge is 0.481 e. The number of allylic oxidation sites excluding steroid dienone is 5. The lowest BCUT2D eigenvalue weighted by molar-refractivity contribution is -0.146. The van der Waals surface area contributed by atoms with Gasteiger partial charge in [0, 0.05) is 0 Å². The van der Waals surface area contributed by atoms with Crippen molar-refractivity contribution in [3.05, 3.63) is 60.8 Å². The molecule has 4 heteroatoms. The van der Waals surface area contributed by atoms with Crippen LogP contribution in [0.2, 0.25) is 0 Å². The predicted molar refractivity (Wildman–Crippen MR) is 181 cm³/mol. The molecule has 0 aromatic carbocycles. The number of unbranched alkanes of at least 4 members (excludes halogenated alkanes) is 21. The fourth-order valence-electron chi connectivity index (χ4n) is 5.30. The lowest BCUT2D eigenvalue weighted by atomic mass is 9.93. The van der Waals surface area contributed by atoms with Crippen LogP contribution in [0.15, 0.2) is 60.8 Å². The van der Waals surface area contributed by atoms with Gasteiger partial charge in [-0.05, 0) is 35.1 Å². The van der Waals surface area contributed by atoms with E-state index in [0.717, 1.165) is 24.0 Å². The second-order valence-electron chi connectivity index (χ2n) is 12.2. The van der Waals surface area contributed by atoms with E-state index in [1.165, 1.54) is 141 Å². The Bertz CT molecular complexity index is 819. The molecule has 0 rings (SSSR count). The molecule has 0 heterocycles. The monoisotopic (exact) mass is 584 g/mol. The normalized spacial score (nSPS) is 11.9. The molecule has 0 amide bonds. The average molecular weight is 585 g/mol. The maximum atomic E-state index is 11.3. The highest BCUT2D eigenvalue weighted by atomic mass is 16.4. The minimum Gasteiger partial charge on any atom is -0.481 e. The van der Waals surface area contributed by atoms with Crippen LogP contribution in [0, 0.1) is 5.92 Å². The van der Waals surface area contributed by atoms with Crippen LogP contribution in [0.25, 0.3) is 0 Å². The summed E-state index contributed by atoms with van der Waals surface area (Å²) < 4.78 is 0. The zero-order valence-corrected chi connectivity index (χ0v) is 27.2. The maximum absolute atomic E-state index is 11.3. The van der Waals surface area contributed by atoms with Crippen LogP contribution in [-0.2, 0) is 9.59 Å². The molecular weight excluding hydrogens is 520 g/mol. The Kier molecular flexibility index (Phi) is 25.9. The Morgan fingerprint density at radius 1 is 0.571 bits per heavy atom. The van der Waals surface area contributed by atoms with Crippen LogP contribution in [0.4, 0.5) is 0 Å². The molecule has 0 aromatic rings. The molecule has 0 saturated heterocycles. The third-order valence-corrected chi connectivity index (χ3v) is 8.27. The number of rotatable bonds is 31. The Hall–Kier alpha value is -2.36. The van der Waals surface area contributed by atoms with E-state index in [4.69, 9.17) is 5.11 Å². The Balaban J connectivity index is 3.65. The molecule has 1 unspecified atom stereocenters. The third-order valence-electron chi connectivity index (χ3n) is 8.27. The van der Waals surface area contributed by atoms with Crippen molar-refractivity contribution in [2.75, 3.05) is 0 Å². The van der Waals surface area contributed by atoms with Crippen molar-refractivity contribution in [1.82, 2.24) is 0 Å². The summed E-state index contributed by atoms with van der Waals surface area (Å²) in [5, 5.41) is 18.2. The van der Waals surface area contributed by atoms with Gasteiger partial charge < -0.3 is 10.2 Å². The maximum Gasteiger partial charge on any atom is 0.311 e. The Labute approximate surface area is 259 Å². The van der Waals surface area contributed by atoms with Crippen molar-refractivity contribution >= 4 is 11.9 Å². The molecular formula is C38H64O4.